The molecule has 1 aromatic carbocycles. The lowest BCUT2D eigenvalue weighted by Gasteiger charge is -2.10. The van der Waals surface area contributed by atoms with Crippen molar-refractivity contribution in [3.63, 3.8) is 0 Å². The van der Waals surface area contributed by atoms with Gasteiger partial charge in [0.1, 0.15) is 5.82 Å². The largest absolute Gasteiger partial charge is 0.382 e. The number of benzene rings is 1. The normalized spacial score (nSPS) is 16.5. The van der Waals surface area contributed by atoms with Crippen LogP contribution in [0.3, 0.4) is 0 Å². The van der Waals surface area contributed by atoms with E-state index in [1.807, 2.05) is 27.7 Å². The highest BCUT2D eigenvalue weighted by atomic mass is 19.1. The van der Waals surface area contributed by atoms with Crippen LogP contribution in [0.5, 0.6) is 0 Å². The smallest absolute Gasteiger partial charge is 0.264 e. The molecule has 1 N–H and O–H groups in total. The van der Waals surface area contributed by atoms with Crippen LogP contribution in [0.1, 0.15) is 37.2 Å². The summed E-state index contributed by atoms with van der Waals surface area (Å²) in [5.74, 6) is -0.203. The average Bonchev–Trinajstić information content (AvgIpc) is 3.20. The van der Waals surface area contributed by atoms with Crippen LogP contribution < -0.4 is 5.32 Å². The van der Waals surface area contributed by atoms with Crippen molar-refractivity contribution in [2.75, 3.05) is 0 Å². The summed E-state index contributed by atoms with van der Waals surface area (Å²) < 4.78 is 14.9. The van der Waals surface area contributed by atoms with Crippen molar-refractivity contribution < 1.29 is 14.0 Å². The molecule has 7 heteroatoms. The summed E-state index contributed by atoms with van der Waals surface area (Å²) in [6.07, 6.45) is -0.0452. The molecule has 0 radical (unpaired) electrons. The maximum atomic E-state index is 13.1. The summed E-state index contributed by atoms with van der Waals surface area (Å²) >= 11 is 0. The zero-order chi connectivity index (χ0) is 18.8. The van der Waals surface area contributed by atoms with Crippen molar-refractivity contribution in [2.24, 2.45) is 11.1 Å². The van der Waals surface area contributed by atoms with Crippen molar-refractivity contribution in [1.29, 1.82) is 0 Å². The lowest BCUT2D eigenvalue weighted by atomic mass is 10.0. The molecule has 2 heterocycles. The molecule has 1 atom stereocenters. The molecule has 6 nitrogen and oxygen atoms in total. The minimum absolute atomic E-state index is 0.183. The van der Waals surface area contributed by atoms with Crippen LogP contribution in [0.25, 0.3) is 5.69 Å². The van der Waals surface area contributed by atoms with Gasteiger partial charge in [0.15, 0.2) is 0 Å². The number of oxime groups is 1. The SMILES string of the molecule is Cc1nn(-c2ccc(F)cc2)c(C)c1CNC(=O)[C@@H]1CC(C(C)C)=NO1. The molecule has 0 fully saturated rings. The van der Waals surface area contributed by atoms with Gasteiger partial charge in [0, 0.05) is 24.2 Å². The first-order valence-electron chi connectivity index (χ1n) is 8.68. The number of hydrogen-bond acceptors (Lipinski definition) is 4. The monoisotopic (exact) mass is 358 g/mol. The Bertz CT molecular complexity index is 840. The topological polar surface area (TPSA) is 68.5 Å². The minimum atomic E-state index is -0.569. The van der Waals surface area contributed by atoms with Gasteiger partial charge < -0.3 is 10.2 Å². The van der Waals surface area contributed by atoms with Gasteiger partial charge in [-0.25, -0.2) is 9.07 Å². The lowest BCUT2D eigenvalue weighted by molar-refractivity contribution is -0.131. The summed E-state index contributed by atoms with van der Waals surface area (Å²) in [4.78, 5) is 17.6. The number of aryl methyl sites for hydroxylation is 1. The fourth-order valence-electron chi connectivity index (χ4n) is 2.93. The van der Waals surface area contributed by atoms with Gasteiger partial charge in [-0.15, -0.1) is 0 Å². The maximum Gasteiger partial charge on any atom is 0.264 e. The second kappa shape index (κ2) is 7.27. The van der Waals surface area contributed by atoms with Crippen LogP contribution in [0, 0.1) is 25.6 Å². The summed E-state index contributed by atoms with van der Waals surface area (Å²) in [7, 11) is 0. The zero-order valence-electron chi connectivity index (χ0n) is 15.4. The molecule has 1 aliphatic rings. The molecule has 0 bridgehead atoms. The maximum absolute atomic E-state index is 13.1. The molecular weight excluding hydrogens is 335 g/mol. The highest BCUT2D eigenvalue weighted by Gasteiger charge is 2.29. The Labute approximate surface area is 152 Å². The molecule has 26 heavy (non-hydrogen) atoms. The number of carbonyl (C=O) groups excluding carboxylic acids is 1. The minimum Gasteiger partial charge on any atom is -0.382 e. The predicted octanol–water partition coefficient (Wildman–Crippen LogP) is 3.05. The highest BCUT2D eigenvalue weighted by Crippen LogP contribution is 2.19. The van der Waals surface area contributed by atoms with E-state index in [2.05, 4.69) is 15.6 Å². The number of nitrogens with one attached hydrogen (secondary N) is 1. The third-order valence-corrected chi connectivity index (χ3v) is 4.60. The van der Waals surface area contributed by atoms with Gasteiger partial charge >= 0.3 is 0 Å². The van der Waals surface area contributed by atoms with Gasteiger partial charge in [-0.3, -0.25) is 4.79 Å². The van der Waals surface area contributed by atoms with E-state index in [1.54, 1.807) is 16.8 Å². The summed E-state index contributed by atoms with van der Waals surface area (Å²) in [5.41, 5.74) is 4.34. The molecule has 0 saturated heterocycles. The Morgan fingerprint density at radius 2 is 2.04 bits per heavy atom. The zero-order valence-corrected chi connectivity index (χ0v) is 15.4. The molecular formula is C19H23FN4O2. The van der Waals surface area contributed by atoms with Gasteiger partial charge in [-0.05, 0) is 44.0 Å². The third-order valence-electron chi connectivity index (χ3n) is 4.60. The van der Waals surface area contributed by atoms with Gasteiger partial charge in [-0.1, -0.05) is 19.0 Å². The standard InChI is InChI=1S/C19H23FN4O2/c1-11(2)17-9-18(26-23-17)19(25)21-10-16-12(3)22-24(13(16)4)15-7-5-14(20)6-8-15/h5-8,11,18H,9-10H2,1-4H3,(H,21,25)/t18-/m0/s1. The number of aromatic nitrogens is 2. The number of nitrogens with zero attached hydrogens (tertiary/aromatic N) is 3. The molecule has 1 aromatic heterocycles. The van der Waals surface area contributed by atoms with Crippen molar-refractivity contribution in [3.8, 4) is 5.69 Å². The fourth-order valence-corrected chi connectivity index (χ4v) is 2.93. The first kappa shape index (κ1) is 18.1. The van der Waals surface area contributed by atoms with Crippen LogP contribution >= 0.6 is 0 Å². The fraction of sp³-hybridized carbons (Fsp3) is 0.421. The van der Waals surface area contributed by atoms with E-state index in [-0.39, 0.29) is 17.6 Å². The van der Waals surface area contributed by atoms with Crippen molar-refractivity contribution in [3.05, 3.63) is 47.0 Å². The van der Waals surface area contributed by atoms with Crippen LogP contribution in [0.15, 0.2) is 29.4 Å². The molecule has 0 unspecified atom stereocenters. The number of amides is 1. The lowest BCUT2D eigenvalue weighted by Crippen LogP contribution is -2.34. The van der Waals surface area contributed by atoms with Crippen molar-refractivity contribution >= 4 is 11.6 Å². The Hall–Kier alpha value is -2.70. The molecule has 0 saturated carbocycles. The quantitative estimate of drug-likeness (QED) is 0.893. The predicted molar refractivity (Wildman–Crippen MR) is 96.6 cm³/mol. The first-order chi connectivity index (χ1) is 12.4. The average molecular weight is 358 g/mol. The molecule has 0 spiro atoms. The van der Waals surface area contributed by atoms with Gasteiger partial charge in [-0.2, -0.15) is 5.10 Å². The van der Waals surface area contributed by atoms with Crippen molar-refractivity contribution in [2.45, 2.75) is 46.8 Å². The number of carbonyl (C=O) groups is 1. The van der Waals surface area contributed by atoms with Gasteiger partial charge in [0.05, 0.1) is 17.1 Å². The molecule has 1 amide bonds. The highest BCUT2D eigenvalue weighted by molar-refractivity contribution is 5.93. The van der Waals surface area contributed by atoms with Crippen LogP contribution in [0.4, 0.5) is 4.39 Å². The second-order valence-corrected chi connectivity index (χ2v) is 6.79. The molecule has 138 valence electrons. The number of rotatable bonds is 5. The van der Waals surface area contributed by atoms with Crippen LogP contribution in [-0.2, 0) is 16.2 Å². The molecule has 1 aliphatic heterocycles. The summed E-state index contributed by atoms with van der Waals surface area (Å²) in [5, 5.41) is 11.4. The molecule has 0 aliphatic carbocycles. The Morgan fingerprint density at radius 3 is 2.65 bits per heavy atom. The Morgan fingerprint density at radius 1 is 1.35 bits per heavy atom. The van der Waals surface area contributed by atoms with E-state index in [1.165, 1.54) is 12.1 Å². The Kier molecular flexibility index (Phi) is 5.06. The second-order valence-electron chi connectivity index (χ2n) is 6.79. The Balaban J connectivity index is 1.67. The third kappa shape index (κ3) is 3.61. The number of hydrogen-bond donors (Lipinski definition) is 1. The van der Waals surface area contributed by atoms with E-state index in [0.717, 1.165) is 28.4 Å². The van der Waals surface area contributed by atoms with E-state index < -0.39 is 6.10 Å². The van der Waals surface area contributed by atoms with E-state index in [0.29, 0.717) is 13.0 Å². The van der Waals surface area contributed by atoms with E-state index >= 15 is 0 Å². The van der Waals surface area contributed by atoms with Crippen molar-refractivity contribution in [1.82, 2.24) is 15.1 Å². The van der Waals surface area contributed by atoms with Gasteiger partial charge in [0.2, 0.25) is 6.10 Å². The van der Waals surface area contributed by atoms with E-state index in [4.69, 9.17) is 4.84 Å². The number of halogens is 1. The van der Waals surface area contributed by atoms with E-state index in [9.17, 15) is 9.18 Å². The van der Waals surface area contributed by atoms with Gasteiger partial charge in [0.25, 0.3) is 5.91 Å². The summed E-state index contributed by atoms with van der Waals surface area (Å²) in [6.45, 7) is 8.23. The molecule has 3 rings (SSSR count). The van der Waals surface area contributed by atoms with Crippen LogP contribution in [0.2, 0.25) is 0 Å². The first-order valence-corrected chi connectivity index (χ1v) is 8.68. The molecule has 2 aromatic rings. The summed E-state index contributed by atoms with van der Waals surface area (Å²) in [6, 6.07) is 6.15. The van der Waals surface area contributed by atoms with Crippen LogP contribution in [-0.4, -0.2) is 27.5 Å².